The quantitative estimate of drug-likeness (QED) is 0.576. The third-order valence-electron chi connectivity index (χ3n) is 5.56. The summed E-state index contributed by atoms with van der Waals surface area (Å²) in [5.74, 6) is 1.56. The molecular weight excluding hydrogens is 411 g/mol. The summed E-state index contributed by atoms with van der Waals surface area (Å²) in [5.41, 5.74) is 1.73. The van der Waals surface area contributed by atoms with Gasteiger partial charge in [-0.25, -0.2) is 4.39 Å². The summed E-state index contributed by atoms with van der Waals surface area (Å²) in [4.78, 5) is 19.2. The van der Waals surface area contributed by atoms with Gasteiger partial charge in [-0.3, -0.25) is 9.69 Å². The van der Waals surface area contributed by atoms with E-state index in [9.17, 15) is 9.18 Å². The fraction of sp³-hybridized carbons (Fsp3) is 0.375. The Morgan fingerprint density at radius 3 is 2.75 bits per heavy atom. The van der Waals surface area contributed by atoms with E-state index in [4.69, 9.17) is 9.26 Å². The summed E-state index contributed by atoms with van der Waals surface area (Å²) in [5, 5.41) is 7.03. The summed E-state index contributed by atoms with van der Waals surface area (Å²) in [6.07, 6.45) is 1.56. The minimum Gasteiger partial charge on any atom is -0.494 e. The van der Waals surface area contributed by atoms with Crippen LogP contribution < -0.4 is 10.1 Å². The SMILES string of the molecule is CCOc1cccc(CNC(=O)C2CCN(Cc3nc(-c4ccc(F)cc4)no3)CC2)c1. The van der Waals surface area contributed by atoms with E-state index >= 15 is 0 Å². The van der Waals surface area contributed by atoms with Crippen molar-refractivity contribution in [2.45, 2.75) is 32.9 Å². The van der Waals surface area contributed by atoms with Crippen LogP contribution in [0.2, 0.25) is 0 Å². The number of benzene rings is 2. The van der Waals surface area contributed by atoms with E-state index in [1.54, 1.807) is 12.1 Å². The van der Waals surface area contributed by atoms with Gasteiger partial charge in [0.1, 0.15) is 11.6 Å². The second kappa shape index (κ2) is 10.4. The molecule has 4 rings (SSSR count). The van der Waals surface area contributed by atoms with Crippen molar-refractivity contribution in [1.29, 1.82) is 0 Å². The first kappa shape index (κ1) is 22.0. The molecule has 0 spiro atoms. The van der Waals surface area contributed by atoms with E-state index in [0.29, 0.717) is 37.0 Å². The molecule has 1 N–H and O–H groups in total. The molecule has 7 nitrogen and oxygen atoms in total. The first-order chi connectivity index (χ1) is 15.6. The van der Waals surface area contributed by atoms with Gasteiger partial charge in [0.15, 0.2) is 0 Å². The second-order valence-corrected chi connectivity index (χ2v) is 7.87. The Morgan fingerprint density at radius 1 is 1.22 bits per heavy atom. The highest BCUT2D eigenvalue weighted by Crippen LogP contribution is 2.21. The molecule has 0 atom stereocenters. The molecule has 1 aliphatic heterocycles. The molecule has 2 aromatic carbocycles. The molecule has 0 aliphatic carbocycles. The number of nitrogens with one attached hydrogen (secondary N) is 1. The maximum atomic E-state index is 13.1. The minimum atomic E-state index is -0.302. The van der Waals surface area contributed by atoms with Gasteiger partial charge in [-0.2, -0.15) is 4.98 Å². The lowest BCUT2D eigenvalue weighted by atomic mass is 9.96. The maximum Gasteiger partial charge on any atom is 0.241 e. The average molecular weight is 439 g/mol. The topological polar surface area (TPSA) is 80.5 Å². The number of nitrogens with zero attached hydrogens (tertiary/aromatic N) is 3. The molecule has 1 saturated heterocycles. The average Bonchev–Trinajstić information content (AvgIpc) is 3.27. The number of amides is 1. The summed E-state index contributed by atoms with van der Waals surface area (Å²) >= 11 is 0. The largest absolute Gasteiger partial charge is 0.494 e. The van der Waals surface area contributed by atoms with Crippen molar-refractivity contribution in [3.63, 3.8) is 0 Å². The van der Waals surface area contributed by atoms with Gasteiger partial charge in [-0.1, -0.05) is 17.3 Å². The number of hydrogen-bond donors (Lipinski definition) is 1. The predicted molar refractivity (Wildman–Crippen MR) is 117 cm³/mol. The number of ether oxygens (including phenoxy) is 1. The lowest BCUT2D eigenvalue weighted by Gasteiger charge is -2.30. The van der Waals surface area contributed by atoms with Crippen LogP contribution in [0.1, 0.15) is 31.2 Å². The smallest absolute Gasteiger partial charge is 0.241 e. The van der Waals surface area contributed by atoms with Crippen LogP contribution in [0.3, 0.4) is 0 Å². The summed E-state index contributed by atoms with van der Waals surface area (Å²) in [6, 6.07) is 13.8. The molecule has 1 fully saturated rings. The van der Waals surface area contributed by atoms with E-state index in [-0.39, 0.29) is 17.6 Å². The first-order valence-electron chi connectivity index (χ1n) is 10.9. The Bertz CT molecular complexity index is 1030. The molecule has 0 saturated carbocycles. The lowest BCUT2D eigenvalue weighted by molar-refractivity contribution is -0.126. The first-order valence-corrected chi connectivity index (χ1v) is 10.9. The van der Waals surface area contributed by atoms with Gasteiger partial charge in [0.05, 0.1) is 13.2 Å². The highest BCUT2D eigenvalue weighted by atomic mass is 19.1. The molecule has 0 unspecified atom stereocenters. The van der Waals surface area contributed by atoms with Gasteiger partial charge in [0.25, 0.3) is 0 Å². The number of piperidine rings is 1. The third-order valence-corrected chi connectivity index (χ3v) is 5.56. The molecular formula is C24H27FN4O3. The number of carbonyl (C=O) groups excluding carboxylic acids is 1. The molecule has 0 radical (unpaired) electrons. The van der Waals surface area contributed by atoms with Crippen molar-refractivity contribution in [3.8, 4) is 17.1 Å². The monoisotopic (exact) mass is 438 g/mol. The zero-order chi connectivity index (χ0) is 22.3. The summed E-state index contributed by atoms with van der Waals surface area (Å²) in [6.45, 7) is 5.16. The number of rotatable bonds is 8. The number of aromatic nitrogens is 2. The summed E-state index contributed by atoms with van der Waals surface area (Å²) < 4.78 is 23.9. The van der Waals surface area contributed by atoms with E-state index in [1.807, 2.05) is 31.2 Å². The van der Waals surface area contributed by atoms with Gasteiger partial charge in [-0.05, 0) is 74.8 Å². The van der Waals surface area contributed by atoms with Crippen molar-refractivity contribution in [3.05, 3.63) is 65.8 Å². The number of carbonyl (C=O) groups is 1. The minimum absolute atomic E-state index is 0.00112. The van der Waals surface area contributed by atoms with E-state index in [2.05, 4.69) is 20.4 Å². The predicted octanol–water partition coefficient (Wildman–Crippen LogP) is 3.80. The molecule has 1 aliphatic rings. The zero-order valence-electron chi connectivity index (χ0n) is 18.1. The molecule has 168 valence electrons. The Kier molecular flexibility index (Phi) is 7.11. The van der Waals surface area contributed by atoms with E-state index < -0.39 is 0 Å². The van der Waals surface area contributed by atoms with Gasteiger partial charge in [0, 0.05) is 18.0 Å². The van der Waals surface area contributed by atoms with Gasteiger partial charge >= 0.3 is 0 Å². The Hall–Kier alpha value is -3.26. The Morgan fingerprint density at radius 2 is 2.00 bits per heavy atom. The number of halogens is 1. The molecule has 1 aromatic heterocycles. The van der Waals surface area contributed by atoms with Crippen LogP contribution in [0.4, 0.5) is 4.39 Å². The Balaban J connectivity index is 1.23. The van der Waals surface area contributed by atoms with Gasteiger partial charge in [-0.15, -0.1) is 0 Å². The van der Waals surface area contributed by atoms with Crippen LogP contribution in [0.25, 0.3) is 11.4 Å². The van der Waals surface area contributed by atoms with Crippen LogP contribution in [-0.2, 0) is 17.9 Å². The van der Waals surface area contributed by atoms with Gasteiger partial charge in [0.2, 0.25) is 17.6 Å². The van der Waals surface area contributed by atoms with Gasteiger partial charge < -0.3 is 14.6 Å². The highest BCUT2D eigenvalue weighted by molar-refractivity contribution is 5.78. The molecule has 8 heteroatoms. The number of likely N-dealkylation sites (tertiary alicyclic amines) is 1. The standard InChI is InChI=1S/C24H27FN4O3/c1-2-31-21-5-3-4-17(14-21)15-26-24(30)19-10-12-29(13-11-19)16-22-27-23(28-32-22)18-6-8-20(25)9-7-18/h3-9,14,19H,2,10-13,15-16H2,1H3,(H,26,30). The van der Waals surface area contributed by atoms with E-state index in [1.165, 1.54) is 12.1 Å². The van der Waals surface area contributed by atoms with Crippen molar-refractivity contribution >= 4 is 5.91 Å². The van der Waals surface area contributed by atoms with Crippen LogP contribution in [0.5, 0.6) is 5.75 Å². The molecule has 0 bridgehead atoms. The molecule has 1 amide bonds. The zero-order valence-corrected chi connectivity index (χ0v) is 18.1. The second-order valence-electron chi connectivity index (χ2n) is 7.87. The molecule has 32 heavy (non-hydrogen) atoms. The summed E-state index contributed by atoms with van der Waals surface area (Å²) in [7, 11) is 0. The normalized spacial score (nSPS) is 14.9. The maximum absolute atomic E-state index is 13.1. The fourth-order valence-corrected chi connectivity index (χ4v) is 3.83. The van der Waals surface area contributed by atoms with Crippen molar-refractivity contribution in [1.82, 2.24) is 20.4 Å². The lowest BCUT2D eigenvalue weighted by Crippen LogP contribution is -2.40. The van der Waals surface area contributed by atoms with Crippen LogP contribution in [0.15, 0.2) is 53.1 Å². The molecule has 2 heterocycles. The highest BCUT2D eigenvalue weighted by Gasteiger charge is 2.26. The van der Waals surface area contributed by atoms with Crippen molar-refractivity contribution in [2.24, 2.45) is 5.92 Å². The molecule has 3 aromatic rings. The fourth-order valence-electron chi connectivity index (χ4n) is 3.83. The van der Waals surface area contributed by atoms with Crippen molar-refractivity contribution in [2.75, 3.05) is 19.7 Å². The Labute approximate surface area is 186 Å². The van der Waals surface area contributed by atoms with Crippen LogP contribution in [-0.4, -0.2) is 40.6 Å². The van der Waals surface area contributed by atoms with Crippen molar-refractivity contribution < 1.29 is 18.4 Å². The van der Waals surface area contributed by atoms with E-state index in [0.717, 1.165) is 37.2 Å². The number of hydrogen-bond acceptors (Lipinski definition) is 6. The van der Waals surface area contributed by atoms with Crippen LogP contribution in [0, 0.1) is 11.7 Å². The van der Waals surface area contributed by atoms with Crippen LogP contribution >= 0.6 is 0 Å². The third kappa shape index (κ3) is 5.70.